The van der Waals surface area contributed by atoms with Crippen LogP contribution in [-0.4, -0.2) is 21.9 Å². The van der Waals surface area contributed by atoms with Crippen LogP contribution in [0.5, 0.6) is 0 Å². The van der Waals surface area contributed by atoms with Crippen LogP contribution in [0, 0.1) is 20.8 Å². The lowest BCUT2D eigenvalue weighted by molar-refractivity contribution is 0.0697. The zero-order valence-corrected chi connectivity index (χ0v) is 17.5. The summed E-state index contributed by atoms with van der Waals surface area (Å²) in [5.74, 6) is -1.04. The van der Waals surface area contributed by atoms with Gasteiger partial charge in [-0.25, -0.2) is 4.79 Å². The summed E-state index contributed by atoms with van der Waals surface area (Å²) in [6.07, 6.45) is 1.83. The molecular formula is C21H18BrClN2O2. The Hall–Kier alpha value is -2.37. The van der Waals surface area contributed by atoms with Crippen molar-refractivity contribution in [3.05, 3.63) is 80.0 Å². The SMILES string of the molecule is Cc1ccc(N=Cc2cc(C)n(-c3ccc(C(=O)O)c(Cl)c3)c2C)c(Br)c1. The monoisotopic (exact) mass is 444 g/mol. The maximum absolute atomic E-state index is 11.2. The molecule has 2 aromatic carbocycles. The van der Waals surface area contributed by atoms with Crippen LogP contribution in [0.1, 0.15) is 32.9 Å². The molecular weight excluding hydrogens is 428 g/mol. The van der Waals surface area contributed by atoms with E-state index in [0.717, 1.165) is 32.8 Å². The summed E-state index contributed by atoms with van der Waals surface area (Å²) >= 11 is 9.67. The van der Waals surface area contributed by atoms with Crippen LogP contribution in [0.4, 0.5) is 5.69 Å². The molecule has 0 bridgehead atoms. The van der Waals surface area contributed by atoms with Crippen molar-refractivity contribution in [3.8, 4) is 5.69 Å². The van der Waals surface area contributed by atoms with Gasteiger partial charge >= 0.3 is 5.97 Å². The van der Waals surface area contributed by atoms with E-state index in [0.29, 0.717) is 0 Å². The van der Waals surface area contributed by atoms with Crippen LogP contribution >= 0.6 is 27.5 Å². The molecule has 1 heterocycles. The predicted molar refractivity (Wildman–Crippen MR) is 113 cm³/mol. The van der Waals surface area contributed by atoms with Crippen LogP contribution in [0.2, 0.25) is 5.02 Å². The quantitative estimate of drug-likeness (QED) is 0.481. The molecule has 0 spiro atoms. The number of hydrogen-bond acceptors (Lipinski definition) is 2. The number of hydrogen-bond donors (Lipinski definition) is 1. The molecule has 0 saturated carbocycles. The normalized spacial score (nSPS) is 11.3. The minimum atomic E-state index is -1.04. The lowest BCUT2D eigenvalue weighted by Crippen LogP contribution is -2.02. The number of aromatic nitrogens is 1. The van der Waals surface area contributed by atoms with Crippen molar-refractivity contribution < 1.29 is 9.90 Å². The van der Waals surface area contributed by atoms with Gasteiger partial charge in [0, 0.05) is 33.3 Å². The number of carbonyl (C=O) groups is 1. The summed E-state index contributed by atoms with van der Waals surface area (Å²) in [7, 11) is 0. The van der Waals surface area contributed by atoms with Crippen LogP contribution in [0.25, 0.3) is 5.69 Å². The van der Waals surface area contributed by atoms with Crippen molar-refractivity contribution in [1.82, 2.24) is 4.57 Å². The van der Waals surface area contributed by atoms with Crippen molar-refractivity contribution >= 4 is 45.4 Å². The van der Waals surface area contributed by atoms with Crippen molar-refractivity contribution in [2.24, 2.45) is 4.99 Å². The number of aryl methyl sites for hydroxylation is 2. The first-order valence-corrected chi connectivity index (χ1v) is 9.47. The van der Waals surface area contributed by atoms with E-state index in [1.165, 1.54) is 11.6 Å². The minimum absolute atomic E-state index is 0.0916. The van der Waals surface area contributed by atoms with E-state index in [1.807, 2.05) is 55.8 Å². The van der Waals surface area contributed by atoms with E-state index in [9.17, 15) is 4.79 Å². The van der Waals surface area contributed by atoms with E-state index < -0.39 is 5.97 Å². The zero-order valence-electron chi connectivity index (χ0n) is 15.1. The molecule has 138 valence electrons. The van der Waals surface area contributed by atoms with Gasteiger partial charge in [0.25, 0.3) is 0 Å². The minimum Gasteiger partial charge on any atom is -0.478 e. The summed E-state index contributed by atoms with van der Waals surface area (Å²) in [4.78, 5) is 15.8. The number of benzene rings is 2. The fraction of sp³-hybridized carbons (Fsp3) is 0.143. The number of aliphatic imine (C=N–C) groups is 1. The topological polar surface area (TPSA) is 54.6 Å². The van der Waals surface area contributed by atoms with Gasteiger partial charge in [-0.3, -0.25) is 4.99 Å². The van der Waals surface area contributed by atoms with E-state index in [1.54, 1.807) is 12.1 Å². The van der Waals surface area contributed by atoms with Gasteiger partial charge in [-0.2, -0.15) is 0 Å². The van der Waals surface area contributed by atoms with Crippen LogP contribution in [-0.2, 0) is 0 Å². The number of rotatable bonds is 4. The predicted octanol–water partition coefficient (Wildman–Crippen LogP) is 6.27. The largest absolute Gasteiger partial charge is 0.478 e. The standard InChI is InChI=1S/C21H18BrClN2O2/c1-12-4-7-20(18(22)8-12)24-11-15-9-13(2)25(14(15)3)16-5-6-17(21(26)27)19(23)10-16/h4-11H,1-3H3,(H,26,27). The molecule has 1 aromatic heterocycles. The molecule has 0 radical (unpaired) electrons. The van der Waals surface area contributed by atoms with Gasteiger partial charge in [-0.15, -0.1) is 0 Å². The lowest BCUT2D eigenvalue weighted by Gasteiger charge is -2.11. The summed E-state index contributed by atoms with van der Waals surface area (Å²) in [6.45, 7) is 6.02. The molecule has 0 amide bonds. The highest BCUT2D eigenvalue weighted by atomic mass is 79.9. The third-order valence-electron chi connectivity index (χ3n) is 4.36. The molecule has 3 rings (SSSR count). The third kappa shape index (κ3) is 3.99. The second-order valence-electron chi connectivity index (χ2n) is 6.34. The molecule has 0 aliphatic heterocycles. The van der Waals surface area contributed by atoms with Gasteiger partial charge in [0.1, 0.15) is 0 Å². The van der Waals surface area contributed by atoms with E-state index in [4.69, 9.17) is 16.7 Å². The first-order chi connectivity index (χ1) is 12.8. The number of halogens is 2. The fourth-order valence-electron chi connectivity index (χ4n) is 2.99. The summed E-state index contributed by atoms with van der Waals surface area (Å²) in [5.41, 5.74) is 5.93. The molecule has 0 aliphatic rings. The Balaban J connectivity index is 1.99. The van der Waals surface area contributed by atoms with Gasteiger partial charge in [-0.1, -0.05) is 17.7 Å². The summed E-state index contributed by atoms with van der Waals surface area (Å²) in [5, 5.41) is 9.36. The molecule has 0 unspecified atom stereocenters. The molecule has 0 aliphatic carbocycles. The number of carboxylic acids is 1. The molecule has 6 heteroatoms. The molecule has 3 aromatic rings. The van der Waals surface area contributed by atoms with Crippen LogP contribution in [0.15, 0.2) is 51.9 Å². The average molecular weight is 446 g/mol. The van der Waals surface area contributed by atoms with Crippen molar-refractivity contribution in [1.29, 1.82) is 0 Å². The number of nitrogens with zero attached hydrogens (tertiary/aromatic N) is 2. The molecule has 0 fully saturated rings. The van der Waals surface area contributed by atoms with Crippen LogP contribution in [0.3, 0.4) is 0 Å². The zero-order chi connectivity index (χ0) is 19.7. The Kier molecular flexibility index (Phi) is 5.53. The van der Waals surface area contributed by atoms with Gasteiger partial charge in [0.2, 0.25) is 0 Å². The van der Waals surface area contributed by atoms with Gasteiger partial charge in [0.15, 0.2) is 0 Å². The van der Waals surface area contributed by atoms with E-state index >= 15 is 0 Å². The molecule has 27 heavy (non-hydrogen) atoms. The second kappa shape index (κ2) is 7.71. The highest BCUT2D eigenvalue weighted by Crippen LogP contribution is 2.28. The maximum Gasteiger partial charge on any atom is 0.337 e. The van der Waals surface area contributed by atoms with Crippen molar-refractivity contribution in [2.75, 3.05) is 0 Å². The number of carboxylic acid groups (broad SMARTS) is 1. The third-order valence-corrected chi connectivity index (χ3v) is 5.31. The summed E-state index contributed by atoms with van der Waals surface area (Å²) < 4.78 is 2.98. The highest BCUT2D eigenvalue weighted by Gasteiger charge is 2.13. The van der Waals surface area contributed by atoms with Gasteiger partial charge in [0.05, 0.1) is 16.3 Å². The molecule has 0 atom stereocenters. The summed E-state index contributed by atoms with van der Waals surface area (Å²) in [6, 6.07) is 13.0. The first kappa shape index (κ1) is 19.4. The maximum atomic E-state index is 11.2. The molecule has 1 N–H and O–H groups in total. The highest BCUT2D eigenvalue weighted by molar-refractivity contribution is 9.10. The van der Waals surface area contributed by atoms with Crippen molar-refractivity contribution in [2.45, 2.75) is 20.8 Å². The van der Waals surface area contributed by atoms with E-state index in [-0.39, 0.29) is 10.6 Å². The lowest BCUT2D eigenvalue weighted by atomic mass is 10.2. The number of aromatic carboxylic acids is 1. The van der Waals surface area contributed by atoms with Gasteiger partial charge < -0.3 is 9.67 Å². The Morgan fingerprint density at radius 2 is 1.89 bits per heavy atom. The Morgan fingerprint density at radius 1 is 1.15 bits per heavy atom. The first-order valence-electron chi connectivity index (χ1n) is 8.30. The van der Waals surface area contributed by atoms with Gasteiger partial charge in [-0.05, 0) is 78.7 Å². The Morgan fingerprint density at radius 3 is 2.52 bits per heavy atom. The average Bonchev–Trinajstić information content (AvgIpc) is 2.87. The van der Waals surface area contributed by atoms with E-state index in [2.05, 4.69) is 20.9 Å². The Bertz CT molecular complexity index is 1070. The second-order valence-corrected chi connectivity index (χ2v) is 7.61. The molecule has 0 saturated heterocycles. The smallest absolute Gasteiger partial charge is 0.337 e. The fourth-order valence-corrected chi connectivity index (χ4v) is 3.84. The molecule has 4 nitrogen and oxygen atoms in total. The van der Waals surface area contributed by atoms with Crippen molar-refractivity contribution in [3.63, 3.8) is 0 Å². The Labute approximate surface area is 171 Å². The van der Waals surface area contributed by atoms with Crippen LogP contribution < -0.4 is 0 Å².